The van der Waals surface area contributed by atoms with Gasteiger partial charge in [-0.15, -0.1) is 11.3 Å². The third-order valence-electron chi connectivity index (χ3n) is 3.08. The first kappa shape index (κ1) is 15.6. The molecule has 0 radical (unpaired) electrons. The predicted octanol–water partition coefficient (Wildman–Crippen LogP) is 3.60. The molecule has 108 valence electrons. The van der Waals surface area contributed by atoms with Gasteiger partial charge in [0.1, 0.15) is 4.90 Å². The Kier molecular flexibility index (Phi) is 4.63. The van der Waals surface area contributed by atoms with Crippen LogP contribution in [0.25, 0.3) is 0 Å². The molecule has 0 aliphatic carbocycles. The molecule has 0 aromatic carbocycles. The van der Waals surface area contributed by atoms with Crippen LogP contribution in [0.15, 0.2) is 40.0 Å². The molecule has 7 heteroatoms. The van der Waals surface area contributed by atoms with Crippen LogP contribution in [0.3, 0.4) is 0 Å². The van der Waals surface area contributed by atoms with Crippen LogP contribution in [-0.4, -0.2) is 24.8 Å². The predicted molar refractivity (Wildman–Crippen MR) is 84.4 cm³/mol. The van der Waals surface area contributed by atoms with Gasteiger partial charge in [-0.3, -0.25) is 4.98 Å². The lowest BCUT2D eigenvalue weighted by Gasteiger charge is -2.23. The number of hydrogen-bond acceptors (Lipinski definition) is 4. The van der Waals surface area contributed by atoms with Crippen molar-refractivity contribution in [1.29, 1.82) is 0 Å². The molecule has 2 aromatic rings. The van der Waals surface area contributed by atoms with Gasteiger partial charge in [-0.25, -0.2) is 8.42 Å². The van der Waals surface area contributed by atoms with Crippen molar-refractivity contribution in [3.05, 3.63) is 44.8 Å². The molecule has 0 saturated carbocycles. The van der Waals surface area contributed by atoms with E-state index in [2.05, 4.69) is 20.9 Å². The van der Waals surface area contributed by atoms with Gasteiger partial charge in [0.15, 0.2) is 0 Å². The van der Waals surface area contributed by atoms with Crippen molar-refractivity contribution in [2.75, 3.05) is 7.05 Å². The summed E-state index contributed by atoms with van der Waals surface area (Å²) >= 11 is 4.85. The highest BCUT2D eigenvalue weighted by molar-refractivity contribution is 9.10. The average molecular weight is 375 g/mol. The Bertz CT molecular complexity index is 713. The Labute approximate surface area is 131 Å². The molecule has 2 aromatic heterocycles. The standard InChI is InChI=1S/C13H15BrN2O2S2/c1-9-4-5-13(19-9)10(2)16(3)20(17,18)12-6-11(14)7-15-8-12/h4-8,10H,1-3H3. The van der Waals surface area contributed by atoms with Crippen molar-refractivity contribution < 1.29 is 8.42 Å². The van der Waals surface area contributed by atoms with E-state index in [1.807, 2.05) is 26.0 Å². The largest absolute Gasteiger partial charge is 0.262 e. The second kappa shape index (κ2) is 5.93. The first-order valence-electron chi connectivity index (χ1n) is 5.97. The molecular weight excluding hydrogens is 360 g/mol. The number of hydrogen-bond donors (Lipinski definition) is 0. The zero-order valence-electron chi connectivity index (χ0n) is 11.4. The molecule has 0 bridgehead atoms. The van der Waals surface area contributed by atoms with Gasteiger partial charge in [-0.05, 0) is 48.0 Å². The number of thiophene rings is 1. The lowest BCUT2D eigenvalue weighted by Crippen LogP contribution is -2.29. The summed E-state index contributed by atoms with van der Waals surface area (Å²) in [6.45, 7) is 3.89. The Balaban J connectivity index is 2.34. The van der Waals surface area contributed by atoms with Gasteiger partial charge in [-0.1, -0.05) is 0 Å². The summed E-state index contributed by atoms with van der Waals surface area (Å²) in [5.74, 6) is 0. The fraction of sp³-hybridized carbons (Fsp3) is 0.308. The monoisotopic (exact) mass is 374 g/mol. The van der Waals surface area contributed by atoms with E-state index < -0.39 is 10.0 Å². The van der Waals surface area contributed by atoms with E-state index in [4.69, 9.17) is 0 Å². The van der Waals surface area contributed by atoms with Gasteiger partial charge in [-0.2, -0.15) is 4.31 Å². The fourth-order valence-electron chi connectivity index (χ4n) is 1.77. The van der Waals surface area contributed by atoms with Gasteiger partial charge in [0.05, 0.1) is 6.04 Å². The minimum Gasteiger partial charge on any atom is -0.262 e. The van der Waals surface area contributed by atoms with E-state index >= 15 is 0 Å². The van der Waals surface area contributed by atoms with E-state index in [9.17, 15) is 8.42 Å². The summed E-state index contributed by atoms with van der Waals surface area (Å²) in [4.78, 5) is 6.30. The Hall–Kier alpha value is -0.760. The molecule has 20 heavy (non-hydrogen) atoms. The molecule has 0 aliphatic rings. The number of rotatable bonds is 4. The quantitative estimate of drug-likeness (QED) is 0.821. The minimum atomic E-state index is -3.55. The lowest BCUT2D eigenvalue weighted by atomic mass is 10.3. The van der Waals surface area contributed by atoms with Gasteiger partial charge < -0.3 is 0 Å². The van der Waals surface area contributed by atoms with Crippen LogP contribution in [0.4, 0.5) is 0 Å². The van der Waals surface area contributed by atoms with Gasteiger partial charge in [0, 0.05) is 33.7 Å². The van der Waals surface area contributed by atoms with E-state index in [1.165, 1.54) is 15.4 Å². The highest BCUT2D eigenvalue weighted by Gasteiger charge is 2.27. The number of halogens is 1. The minimum absolute atomic E-state index is 0.189. The molecule has 1 atom stereocenters. The second-order valence-electron chi connectivity index (χ2n) is 4.48. The smallest absolute Gasteiger partial charge is 0.244 e. The zero-order chi connectivity index (χ0) is 14.9. The summed E-state index contributed by atoms with van der Waals surface area (Å²) in [6.07, 6.45) is 2.92. The van der Waals surface area contributed by atoms with Crippen molar-refractivity contribution in [2.45, 2.75) is 24.8 Å². The lowest BCUT2D eigenvalue weighted by molar-refractivity contribution is 0.402. The topological polar surface area (TPSA) is 50.3 Å². The Morgan fingerprint density at radius 3 is 2.60 bits per heavy atom. The number of sulfonamides is 1. The Morgan fingerprint density at radius 2 is 2.05 bits per heavy atom. The van der Waals surface area contributed by atoms with Crippen LogP contribution in [-0.2, 0) is 10.0 Å². The van der Waals surface area contributed by atoms with Gasteiger partial charge in [0.25, 0.3) is 0 Å². The maximum atomic E-state index is 12.6. The molecule has 4 nitrogen and oxygen atoms in total. The first-order chi connectivity index (χ1) is 9.32. The summed E-state index contributed by atoms with van der Waals surface area (Å²) < 4.78 is 27.2. The highest BCUT2D eigenvalue weighted by Crippen LogP contribution is 2.30. The maximum Gasteiger partial charge on any atom is 0.244 e. The van der Waals surface area contributed by atoms with Crippen molar-refractivity contribution in [3.63, 3.8) is 0 Å². The molecule has 0 amide bonds. The van der Waals surface area contributed by atoms with Crippen LogP contribution >= 0.6 is 27.3 Å². The highest BCUT2D eigenvalue weighted by atomic mass is 79.9. The van der Waals surface area contributed by atoms with Crippen LogP contribution in [0.1, 0.15) is 22.7 Å². The summed E-state index contributed by atoms with van der Waals surface area (Å²) in [5, 5.41) is 0. The molecule has 0 fully saturated rings. The molecule has 1 unspecified atom stereocenters. The zero-order valence-corrected chi connectivity index (χ0v) is 14.6. The van der Waals surface area contributed by atoms with Crippen molar-refractivity contribution >= 4 is 37.3 Å². The molecule has 0 saturated heterocycles. The molecule has 0 spiro atoms. The summed E-state index contributed by atoms with van der Waals surface area (Å²) in [7, 11) is -1.96. The van der Waals surface area contributed by atoms with E-state index in [0.29, 0.717) is 4.47 Å². The van der Waals surface area contributed by atoms with Crippen molar-refractivity contribution in [1.82, 2.24) is 9.29 Å². The molecule has 0 N–H and O–H groups in total. The summed E-state index contributed by atoms with van der Waals surface area (Å²) in [6, 6.07) is 5.32. The maximum absolute atomic E-state index is 12.6. The SMILES string of the molecule is Cc1ccc(C(C)N(C)S(=O)(=O)c2cncc(Br)c2)s1. The average Bonchev–Trinajstić information content (AvgIpc) is 2.83. The first-order valence-corrected chi connectivity index (χ1v) is 9.02. The number of nitrogens with zero attached hydrogens (tertiary/aromatic N) is 2. The summed E-state index contributed by atoms with van der Waals surface area (Å²) in [5.41, 5.74) is 0. The van der Waals surface area contributed by atoms with E-state index in [1.54, 1.807) is 30.6 Å². The van der Waals surface area contributed by atoms with Crippen LogP contribution in [0.2, 0.25) is 0 Å². The van der Waals surface area contributed by atoms with Crippen LogP contribution in [0, 0.1) is 6.92 Å². The normalized spacial score (nSPS) is 13.7. The second-order valence-corrected chi connectivity index (χ2v) is 8.72. The molecular formula is C13H15BrN2O2S2. The van der Waals surface area contributed by atoms with Crippen molar-refractivity contribution in [3.8, 4) is 0 Å². The molecule has 2 rings (SSSR count). The molecule has 2 heterocycles. The van der Waals surface area contributed by atoms with E-state index in [-0.39, 0.29) is 10.9 Å². The molecule has 0 aliphatic heterocycles. The third kappa shape index (κ3) is 3.11. The Morgan fingerprint density at radius 1 is 1.35 bits per heavy atom. The number of pyridine rings is 1. The number of aryl methyl sites for hydroxylation is 1. The van der Waals surface area contributed by atoms with E-state index in [0.717, 1.165) is 4.88 Å². The van der Waals surface area contributed by atoms with Crippen LogP contribution in [0.5, 0.6) is 0 Å². The van der Waals surface area contributed by atoms with Gasteiger partial charge >= 0.3 is 0 Å². The third-order valence-corrected chi connectivity index (χ3v) is 6.57. The van der Waals surface area contributed by atoms with Gasteiger partial charge in [0.2, 0.25) is 10.0 Å². The van der Waals surface area contributed by atoms with Crippen molar-refractivity contribution in [2.24, 2.45) is 0 Å². The van der Waals surface area contributed by atoms with Crippen LogP contribution < -0.4 is 0 Å². The number of aromatic nitrogens is 1. The fourth-order valence-corrected chi connectivity index (χ4v) is 4.65.